The van der Waals surface area contributed by atoms with E-state index in [1.807, 2.05) is 0 Å². The molecule has 0 atom stereocenters. The Morgan fingerprint density at radius 2 is 1.62 bits per heavy atom. The van der Waals surface area contributed by atoms with E-state index in [2.05, 4.69) is 30.9 Å². The highest BCUT2D eigenvalue weighted by atomic mass is 16.6. The zero-order valence-electron chi connectivity index (χ0n) is 13.7. The molecule has 0 unspecified atom stereocenters. The number of ether oxygens (including phenoxy) is 4. The van der Waals surface area contributed by atoms with Gasteiger partial charge in [-0.1, -0.05) is 5.11 Å². The molecule has 0 saturated heterocycles. The summed E-state index contributed by atoms with van der Waals surface area (Å²) in [5, 5.41) is 5.80. The lowest BCUT2D eigenvalue weighted by molar-refractivity contribution is 0.0168. The predicted molar refractivity (Wildman–Crippen MR) is 83.2 cm³/mol. The largest absolute Gasteiger partial charge is 0.449 e. The standard InChI is InChI=1S/C12H24N6O6/c1-2-24-12(20)17-16-11(19)14-3-5-21-7-9-23-10-8-22-6-4-15-18-13/h2-10H2,1H3,(H,17,20)(H2,14,16,19). The van der Waals surface area contributed by atoms with Gasteiger partial charge in [-0.2, -0.15) is 0 Å². The average Bonchev–Trinajstić information content (AvgIpc) is 2.57. The maximum Gasteiger partial charge on any atom is 0.426 e. The predicted octanol–water partition coefficient (Wildman–Crippen LogP) is 0.307. The highest BCUT2D eigenvalue weighted by Gasteiger charge is 2.02. The van der Waals surface area contributed by atoms with Gasteiger partial charge in [-0.3, -0.25) is 0 Å². The van der Waals surface area contributed by atoms with Crippen LogP contribution < -0.4 is 16.2 Å². The Hall–Kier alpha value is -2.27. The first kappa shape index (κ1) is 21.7. The molecule has 12 heteroatoms. The van der Waals surface area contributed by atoms with Crippen LogP contribution in [0.25, 0.3) is 10.4 Å². The molecule has 3 amide bonds. The van der Waals surface area contributed by atoms with Gasteiger partial charge in [0, 0.05) is 18.0 Å². The molecule has 0 fully saturated rings. The lowest BCUT2D eigenvalue weighted by Crippen LogP contribution is -2.47. The highest BCUT2D eigenvalue weighted by molar-refractivity contribution is 5.77. The smallest absolute Gasteiger partial charge is 0.426 e. The molecular formula is C12H24N6O6. The first-order valence-corrected chi connectivity index (χ1v) is 7.41. The molecular weight excluding hydrogens is 324 g/mol. The molecule has 0 aliphatic heterocycles. The van der Waals surface area contributed by atoms with Gasteiger partial charge in [0.25, 0.3) is 0 Å². The van der Waals surface area contributed by atoms with E-state index in [9.17, 15) is 9.59 Å². The molecule has 0 spiro atoms. The lowest BCUT2D eigenvalue weighted by atomic mass is 10.6. The Kier molecular flexibility index (Phi) is 15.5. The van der Waals surface area contributed by atoms with Gasteiger partial charge in [0.1, 0.15) is 0 Å². The van der Waals surface area contributed by atoms with Crippen molar-refractivity contribution in [3.05, 3.63) is 10.4 Å². The third-order valence-corrected chi connectivity index (χ3v) is 2.23. The Bertz CT molecular complexity index is 390. The van der Waals surface area contributed by atoms with Gasteiger partial charge in [-0.25, -0.2) is 20.4 Å². The van der Waals surface area contributed by atoms with Crippen LogP contribution in [0.5, 0.6) is 0 Å². The number of nitrogens with zero attached hydrogens (tertiary/aromatic N) is 3. The summed E-state index contributed by atoms with van der Waals surface area (Å²) in [6, 6.07) is -0.569. The van der Waals surface area contributed by atoms with Crippen molar-refractivity contribution in [3.8, 4) is 0 Å². The molecule has 0 radical (unpaired) electrons. The minimum absolute atomic E-state index is 0.215. The molecule has 0 aromatic rings. The molecule has 12 nitrogen and oxygen atoms in total. The van der Waals surface area contributed by atoms with Gasteiger partial charge in [-0.05, 0) is 12.5 Å². The first-order valence-electron chi connectivity index (χ1n) is 7.41. The van der Waals surface area contributed by atoms with E-state index in [0.717, 1.165) is 0 Å². The van der Waals surface area contributed by atoms with Gasteiger partial charge in [0.2, 0.25) is 0 Å². The van der Waals surface area contributed by atoms with Crippen LogP contribution in [0.3, 0.4) is 0 Å². The molecule has 24 heavy (non-hydrogen) atoms. The SMILES string of the molecule is CCOC(=O)NNC(=O)NCCOCCOCCOCCN=[N+]=[N-]. The molecule has 3 N–H and O–H groups in total. The van der Waals surface area contributed by atoms with E-state index in [1.165, 1.54) is 0 Å². The first-order chi connectivity index (χ1) is 11.7. The Morgan fingerprint density at radius 3 is 2.25 bits per heavy atom. The second kappa shape index (κ2) is 17.1. The number of hydrazine groups is 1. The van der Waals surface area contributed by atoms with Gasteiger partial charge in [-0.15, -0.1) is 0 Å². The Labute approximate surface area is 139 Å². The van der Waals surface area contributed by atoms with Crippen molar-refractivity contribution in [2.45, 2.75) is 6.92 Å². The van der Waals surface area contributed by atoms with Crippen molar-refractivity contribution < 1.29 is 28.5 Å². The zero-order chi connectivity index (χ0) is 17.9. The van der Waals surface area contributed by atoms with E-state index in [0.29, 0.717) is 46.2 Å². The van der Waals surface area contributed by atoms with Gasteiger partial charge < -0.3 is 24.3 Å². The van der Waals surface area contributed by atoms with Crippen LogP contribution in [0, 0.1) is 0 Å². The fourth-order valence-corrected chi connectivity index (χ4v) is 1.25. The van der Waals surface area contributed by atoms with E-state index < -0.39 is 12.1 Å². The normalized spacial score (nSPS) is 9.71. The van der Waals surface area contributed by atoms with E-state index >= 15 is 0 Å². The minimum atomic E-state index is -0.734. The fourth-order valence-electron chi connectivity index (χ4n) is 1.25. The summed E-state index contributed by atoms with van der Waals surface area (Å²) < 4.78 is 20.2. The molecule has 0 heterocycles. The third kappa shape index (κ3) is 16.1. The Morgan fingerprint density at radius 1 is 1.00 bits per heavy atom. The van der Waals surface area contributed by atoms with Crippen molar-refractivity contribution >= 4 is 12.1 Å². The topological polar surface area (TPSA) is 156 Å². The Balaban J connectivity index is 3.23. The number of amides is 3. The summed E-state index contributed by atoms with van der Waals surface area (Å²) in [5.41, 5.74) is 12.2. The van der Waals surface area contributed by atoms with Crippen molar-refractivity contribution in [2.75, 3.05) is 59.3 Å². The maximum atomic E-state index is 11.2. The van der Waals surface area contributed by atoms with Gasteiger partial charge in [0.15, 0.2) is 0 Å². The quantitative estimate of drug-likeness (QED) is 0.143. The van der Waals surface area contributed by atoms with Crippen LogP contribution in [-0.4, -0.2) is 71.5 Å². The van der Waals surface area contributed by atoms with Crippen LogP contribution in [0.4, 0.5) is 9.59 Å². The molecule has 0 aromatic heterocycles. The highest BCUT2D eigenvalue weighted by Crippen LogP contribution is 1.82. The van der Waals surface area contributed by atoms with Crippen LogP contribution in [0.15, 0.2) is 5.11 Å². The number of hydrogen-bond donors (Lipinski definition) is 3. The number of azide groups is 1. The maximum absolute atomic E-state index is 11.2. The summed E-state index contributed by atoms with van der Waals surface area (Å²) in [7, 11) is 0. The second-order valence-electron chi connectivity index (χ2n) is 4.02. The molecule has 0 saturated carbocycles. The van der Waals surface area contributed by atoms with Gasteiger partial charge in [0.05, 0.1) is 46.2 Å². The van der Waals surface area contributed by atoms with Crippen LogP contribution in [0.2, 0.25) is 0 Å². The molecule has 0 rings (SSSR count). The molecule has 138 valence electrons. The number of nitrogens with one attached hydrogen (secondary N) is 3. The van der Waals surface area contributed by atoms with Crippen LogP contribution in [-0.2, 0) is 18.9 Å². The van der Waals surface area contributed by atoms with Crippen molar-refractivity contribution in [2.24, 2.45) is 5.11 Å². The second-order valence-corrected chi connectivity index (χ2v) is 4.02. The number of carbonyl (C=O) groups is 2. The fraction of sp³-hybridized carbons (Fsp3) is 0.833. The zero-order valence-corrected chi connectivity index (χ0v) is 13.7. The number of carbonyl (C=O) groups excluding carboxylic acids is 2. The van der Waals surface area contributed by atoms with E-state index in [4.69, 9.17) is 19.7 Å². The van der Waals surface area contributed by atoms with Crippen molar-refractivity contribution in [1.82, 2.24) is 16.2 Å². The number of rotatable bonds is 13. The number of urea groups is 1. The summed E-state index contributed by atoms with van der Waals surface area (Å²) in [4.78, 5) is 24.7. The molecule has 0 bridgehead atoms. The van der Waals surface area contributed by atoms with Crippen molar-refractivity contribution in [3.63, 3.8) is 0 Å². The summed E-state index contributed by atoms with van der Waals surface area (Å²) in [5.74, 6) is 0. The van der Waals surface area contributed by atoms with Crippen molar-refractivity contribution in [1.29, 1.82) is 0 Å². The molecule has 0 aliphatic carbocycles. The van der Waals surface area contributed by atoms with E-state index in [-0.39, 0.29) is 13.2 Å². The average molecular weight is 348 g/mol. The molecule has 0 aliphatic rings. The minimum Gasteiger partial charge on any atom is -0.449 e. The summed E-state index contributed by atoms with van der Waals surface area (Å²) in [6.45, 7) is 4.72. The monoisotopic (exact) mass is 348 g/mol. The van der Waals surface area contributed by atoms with Crippen LogP contribution >= 0.6 is 0 Å². The van der Waals surface area contributed by atoms with Gasteiger partial charge >= 0.3 is 12.1 Å². The summed E-state index contributed by atoms with van der Waals surface area (Å²) >= 11 is 0. The van der Waals surface area contributed by atoms with Crippen LogP contribution in [0.1, 0.15) is 6.92 Å². The lowest BCUT2D eigenvalue weighted by Gasteiger charge is -2.09. The molecule has 0 aromatic carbocycles. The summed E-state index contributed by atoms with van der Waals surface area (Å²) in [6.07, 6.45) is -0.734. The third-order valence-electron chi connectivity index (χ3n) is 2.23. The van der Waals surface area contributed by atoms with E-state index in [1.54, 1.807) is 6.92 Å². The number of hydrogen-bond acceptors (Lipinski definition) is 7.